The number of nitrogens with zero attached hydrogens (tertiary/aromatic N) is 4. The van der Waals surface area contributed by atoms with Crippen LogP contribution in [0.4, 0.5) is 0 Å². The van der Waals surface area contributed by atoms with Crippen molar-refractivity contribution in [3.63, 3.8) is 0 Å². The molecule has 0 bridgehead atoms. The number of hydrogen-bond donors (Lipinski definition) is 1. The van der Waals surface area contributed by atoms with Crippen molar-refractivity contribution in [2.75, 3.05) is 5.75 Å². The molecular formula is C18H19N5OS2. The fourth-order valence-electron chi connectivity index (χ4n) is 2.26. The van der Waals surface area contributed by atoms with E-state index in [1.807, 2.05) is 41.8 Å². The number of aryl methyl sites for hydroxylation is 1. The maximum absolute atomic E-state index is 11.6. The van der Waals surface area contributed by atoms with E-state index in [0.29, 0.717) is 16.6 Å². The van der Waals surface area contributed by atoms with Crippen LogP contribution in [0.1, 0.15) is 18.4 Å². The highest BCUT2D eigenvalue weighted by Crippen LogP contribution is 2.26. The molecule has 1 aromatic carbocycles. The number of aromatic nitrogens is 5. The molecule has 134 valence electrons. The molecule has 2 aromatic heterocycles. The van der Waals surface area contributed by atoms with Gasteiger partial charge in [-0.25, -0.2) is 4.98 Å². The quantitative estimate of drug-likeness (QED) is 0.380. The molecule has 3 aromatic rings. The summed E-state index contributed by atoms with van der Waals surface area (Å²) in [4.78, 5) is 18.7. The molecular weight excluding hydrogens is 366 g/mol. The maximum atomic E-state index is 11.6. The van der Waals surface area contributed by atoms with E-state index < -0.39 is 0 Å². The number of aromatic amines is 1. The van der Waals surface area contributed by atoms with Crippen molar-refractivity contribution in [2.45, 2.75) is 29.9 Å². The molecule has 2 heterocycles. The number of H-pyrrole nitrogens is 1. The normalized spacial score (nSPS) is 10.8. The van der Waals surface area contributed by atoms with Crippen LogP contribution in [0.2, 0.25) is 0 Å². The summed E-state index contributed by atoms with van der Waals surface area (Å²) in [6, 6.07) is 11.5. The van der Waals surface area contributed by atoms with Crippen molar-refractivity contribution in [1.82, 2.24) is 24.7 Å². The zero-order valence-electron chi connectivity index (χ0n) is 14.6. The molecule has 0 unspecified atom stereocenters. The van der Waals surface area contributed by atoms with Crippen LogP contribution >= 0.6 is 23.5 Å². The Morgan fingerprint density at radius 1 is 1.23 bits per heavy atom. The standard InChI is InChI=1S/C18H19N5OS2/c1-12(2)10-26-18-22-21-15(23(18)14-7-5-4-6-8-14)11-25-17-19-13(3)9-16(24)20-17/h4-9H,1,10-11H2,2-3H3,(H,19,20,24). The molecule has 0 radical (unpaired) electrons. The Labute approximate surface area is 160 Å². The third kappa shape index (κ3) is 4.64. The van der Waals surface area contributed by atoms with E-state index in [4.69, 9.17) is 0 Å². The number of rotatable bonds is 7. The lowest BCUT2D eigenvalue weighted by molar-refractivity contribution is 0.861. The largest absolute Gasteiger partial charge is 0.301 e. The van der Waals surface area contributed by atoms with Crippen LogP contribution in [0.15, 0.2) is 63.7 Å². The Bertz CT molecular complexity index is 965. The molecule has 0 fully saturated rings. The van der Waals surface area contributed by atoms with Crippen LogP contribution in [-0.2, 0) is 5.75 Å². The van der Waals surface area contributed by atoms with Crippen LogP contribution in [0.3, 0.4) is 0 Å². The molecule has 1 N–H and O–H groups in total. The average molecular weight is 386 g/mol. The molecule has 26 heavy (non-hydrogen) atoms. The first kappa shape index (κ1) is 18.5. The van der Waals surface area contributed by atoms with Crippen molar-refractivity contribution in [2.24, 2.45) is 0 Å². The number of nitrogens with one attached hydrogen (secondary N) is 1. The molecule has 0 saturated heterocycles. The van der Waals surface area contributed by atoms with Gasteiger partial charge in [-0.1, -0.05) is 53.9 Å². The Kier molecular flexibility index (Phi) is 5.95. The molecule has 0 aliphatic rings. The fourth-order valence-corrected chi connectivity index (χ4v) is 3.91. The zero-order chi connectivity index (χ0) is 18.5. The summed E-state index contributed by atoms with van der Waals surface area (Å²) in [5.41, 5.74) is 2.62. The summed E-state index contributed by atoms with van der Waals surface area (Å²) < 4.78 is 2.04. The summed E-state index contributed by atoms with van der Waals surface area (Å²) in [7, 11) is 0. The zero-order valence-corrected chi connectivity index (χ0v) is 16.2. The summed E-state index contributed by atoms with van der Waals surface area (Å²) >= 11 is 3.04. The molecule has 0 aliphatic carbocycles. The van der Waals surface area contributed by atoms with Gasteiger partial charge in [-0.2, -0.15) is 0 Å². The van der Waals surface area contributed by atoms with Gasteiger partial charge in [-0.15, -0.1) is 10.2 Å². The van der Waals surface area contributed by atoms with Gasteiger partial charge < -0.3 is 4.98 Å². The second-order valence-corrected chi connectivity index (χ2v) is 7.70. The van der Waals surface area contributed by atoms with Crippen LogP contribution in [0.5, 0.6) is 0 Å². The second kappa shape index (κ2) is 8.37. The number of para-hydroxylation sites is 1. The molecule has 0 aliphatic heterocycles. The van der Waals surface area contributed by atoms with E-state index in [-0.39, 0.29) is 5.56 Å². The highest BCUT2D eigenvalue weighted by Gasteiger charge is 2.15. The van der Waals surface area contributed by atoms with Crippen molar-refractivity contribution < 1.29 is 0 Å². The summed E-state index contributed by atoms with van der Waals surface area (Å²) in [5.74, 6) is 2.13. The number of thioether (sulfide) groups is 2. The highest BCUT2D eigenvalue weighted by molar-refractivity contribution is 7.99. The van der Waals surface area contributed by atoms with E-state index in [1.54, 1.807) is 18.7 Å². The molecule has 8 heteroatoms. The first-order valence-corrected chi connectivity index (χ1v) is 9.97. The number of benzene rings is 1. The Morgan fingerprint density at radius 2 is 2.00 bits per heavy atom. The summed E-state index contributed by atoms with van der Waals surface area (Å²) in [6.07, 6.45) is 0. The topological polar surface area (TPSA) is 76.5 Å². The highest BCUT2D eigenvalue weighted by atomic mass is 32.2. The van der Waals surface area contributed by atoms with Gasteiger partial charge >= 0.3 is 0 Å². The minimum Gasteiger partial charge on any atom is -0.301 e. The smallest absolute Gasteiger partial charge is 0.251 e. The fraction of sp³-hybridized carbons (Fsp3) is 0.222. The summed E-state index contributed by atoms with van der Waals surface area (Å²) in [5, 5.41) is 10.1. The van der Waals surface area contributed by atoms with Crippen LogP contribution in [-0.4, -0.2) is 30.5 Å². The summed E-state index contributed by atoms with van der Waals surface area (Å²) in [6.45, 7) is 7.74. The molecule has 3 rings (SSSR count). The van der Waals surface area contributed by atoms with Gasteiger partial charge in [-0.3, -0.25) is 9.36 Å². The Hall–Kier alpha value is -2.32. The lowest BCUT2D eigenvalue weighted by atomic mass is 10.3. The van der Waals surface area contributed by atoms with Gasteiger partial charge in [0.2, 0.25) is 0 Å². The van der Waals surface area contributed by atoms with Gasteiger partial charge in [0, 0.05) is 23.2 Å². The SMILES string of the molecule is C=C(C)CSc1nnc(CSc2nc(C)cc(=O)[nH]2)n1-c1ccccc1. The third-order valence-electron chi connectivity index (χ3n) is 3.35. The van der Waals surface area contributed by atoms with Crippen LogP contribution < -0.4 is 5.56 Å². The van der Waals surface area contributed by atoms with Gasteiger partial charge in [0.1, 0.15) is 5.82 Å². The predicted octanol–water partition coefficient (Wildman–Crippen LogP) is 3.62. The minimum absolute atomic E-state index is 0.151. The molecule has 0 saturated carbocycles. The Morgan fingerprint density at radius 3 is 2.69 bits per heavy atom. The molecule has 0 spiro atoms. The molecule has 0 atom stereocenters. The van der Waals surface area contributed by atoms with E-state index in [1.165, 1.54) is 17.8 Å². The third-order valence-corrected chi connectivity index (χ3v) is 5.38. The molecule has 0 amide bonds. The van der Waals surface area contributed by atoms with Crippen molar-refractivity contribution in [3.8, 4) is 5.69 Å². The van der Waals surface area contributed by atoms with E-state index in [0.717, 1.165) is 28.0 Å². The van der Waals surface area contributed by atoms with Gasteiger partial charge in [0.05, 0.1) is 5.75 Å². The lowest BCUT2D eigenvalue weighted by Gasteiger charge is -2.10. The average Bonchev–Trinajstić information content (AvgIpc) is 3.01. The van der Waals surface area contributed by atoms with Crippen molar-refractivity contribution in [3.05, 3.63) is 70.4 Å². The van der Waals surface area contributed by atoms with Gasteiger partial charge in [-0.05, 0) is 26.0 Å². The van der Waals surface area contributed by atoms with E-state index in [2.05, 4.69) is 26.7 Å². The van der Waals surface area contributed by atoms with Crippen LogP contribution in [0, 0.1) is 6.92 Å². The van der Waals surface area contributed by atoms with Gasteiger partial charge in [0.25, 0.3) is 5.56 Å². The number of hydrogen-bond acceptors (Lipinski definition) is 6. The van der Waals surface area contributed by atoms with E-state index in [9.17, 15) is 4.79 Å². The first-order valence-electron chi connectivity index (χ1n) is 8.00. The second-order valence-electron chi connectivity index (χ2n) is 5.80. The van der Waals surface area contributed by atoms with Gasteiger partial charge in [0.15, 0.2) is 10.3 Å². The van der Waals surface area contributed by atoms with Crippen molar-refractivity contribution >= 4 is 23.5 Å². The first-order chi connectivity index (χ1) is 12.5. The molecule has 6 nitrogen and oxygen atoms in total. The van der Waals surface area contributed by atoms with Crippen molar-refractivity contribution in [1.29, 1.82) is 0 Å². The Balaban J connectivity index is 1.88. The van der Waals surface area contributed by atoms with E-state index >= 15 is 0 Å². The van der Waals surface area contributed by atoms with Crippen LogP contribution in [0.25, 0.3) is 5.69 Å². The monoisotopic (exact) mass is 385 g/mol. The minimum atomic E-state index is -0.151. The maximum Gasteiger partial charge on any atom is 0.251 e. The lowest BCUT2D eigenvalue weighted by Crippen LogP contribution is -2.08. The predicted molar refractivity (Wildman–Crippen MR) is 106 cm³/mol.